The van der Waals surface area contributed by atoms with Crippen molar-refractivity contribution in [1.82, 2.24) is 15.0 Å². The number of aromatic amines is 1. The number of H-pyrrole nitrogens is 1. The standard InChI is InChI=1S/C6H8N2.C4H7N3.CH4O/c1-7-6-4-2-3-5-8-6;1-5-4-6-2-3-7-4;1-2/h2-5H,1H3,(H,7,8);2-3H,1H3,(H2,5,6,7);2H,1H3. The summed E-state index contributed by atoms with van der Waals surface area (Å²) in [6, 6.07) is 5.75. The predicted molar refractivity (Wildman–Crippen MR) is 70.1 cm³/mol. The van der Waals surface area contributed by atoms with Gasteiger partial charge in [0.15, 0.2) is 5.95 Å². The predicted octanol–water partition coefficient (Wildman–Crippen LogP) is 1.18. The van der Waals surface area contributed by atoms with Crippen LogP contribution in [0.5, 0.6) is 0 Å². The number of nitrogens with one attached hydrogen (secondary N) is 3. The number of aliphatic hydroxyl groups excluding tert-OH is 1. The van der Waals surface area contributed by atoms with Crippen molar-refractivity contribution in [2.24, 2.45) is 0 Å². The molecular weight excluding hydrogens is 218 g/mol. The minimum Gasteiger partial charge on any atom is -0.400 e. The summed E-state index contributed by atoms with van der Waals surface area (Å²) in [4.78, 5) is 10.7. The van der Waals surface area contributed by atoms with E-state index in [0.29, 0.717) is 0 Å². The second kappa shape index (κ2) is 10.4. The minimum absolute atomic E-state index is 0.806. The largest absolute Gasteiger partial charge is 0.400 e. The zero-order valence-electron chi connectivity index (χ0n) is 10.3. The number of nitrogens with zero attached hydrogens (tertiary/aromatic N) is 2. The van der Waals surface area contributed by atoms with Gasteiger partial charge in [-0.2, -0.15) is 0 Å². The van der Waals surface area contributed by atoms with E-state index in [4.69, 9.17) is 5.11 Å². The van der Waals surface area contributed by atoms with Crippen molar-refractivity contribution in [1.29, 1.82) is 0 Å². The van der Waals surface area contributed by atoms with Gasteiger partial charge in [0.2, 0.25) is 0 Å². The molecular formula is C11H19N5O. The van der Waals surface area contributed by atoms with Gasteiger partial charge in [0.1, 0.15) is 5.82 Å². The summed E-state index contributed by atoms with van der Waals surface area (Å²) in [6.45, 7) is 0. The highest BCUT2D eigenvalue weighted by Gasteiger charge is 1.80. The quantitative estimate of drug-likeness (QED) is 0.630. The minimum atomic E-state index is 0.806. The van der Waals surface area contributed by atoms with Gasteiger partial charge in [0, 0.05) is 39.8 Å². The lowest BCUT2D eigenvalue weighted by atomic mass is 10.5. The van der Waals surface area contributed by atoms with Crippen molar-refractivity contribution < 1.29 is 5.11 Å². The summed E-state index contributed by atoms with van der Waals surface area (Å²) in [5.74, 6) is 1.72. The molecule has 0 unspecified atom stereocenters. The Kier molecular flexibility index (Phi) is 9.16. The molecule has 2 aromatic heterocycles. The molecule has 0 fully saturated rings. The van der Waals surface area contributed by atoms with Gasteiger partial charge in [-0.1, -0.05) is 6.07 Å². The van der Waals surface area contributed by atoms with E-state index in [1.807, 2.05) is 32.3 Å². The lowest BCUT2D eigenvalue weighted by molar-refractivity contribution is 0.399. The first-order chi connectivity index (χ1) is 8.36. The Balaban J connectivity index is 0.000000265. The van der Waals surface area contributed by atoms with Crippen molar-refractivity contribution in [3.63, 3.8) is 0 Å². The van der Waals surface area contributed by atoms with Crippen LogP contribution in [-0.4, -0.2) is 41.3 Å². The number of aromatic nitrogens is 3. The maximum atomic E-state index is 7.00. The monoisotopic (exact) mass is 237 g/mol. The first-order valence-electron chi connectivity index (χ1n) is 5.07. The van der Waals surface area contributed by atoms with Crippen LogP contribution in [0.25, 0.3) is 0 Å². The Morgan fingerprint density at radius 1 is 1.06 bits per heavy atom. The lowest BCUT2D eigenvalue weighted by Gasteiger charge is -1.92. The number of pyridine rings is 1. The topological polar surface area (TPSA) is 85.9 Å². The number of anilines is 2. The van der Waals surface area contributed by atoms with E-state index in [1.165, 1.54) is 0 Å². The fourth-order valence-electron chi connectivity index (χ4n) is 0.913. The van der Waals surface area contributed by atoms with Crippen LogP contribution in [0.15, 0.2) is 36.8 Å². The summed E-state index contributed by atoms with van der Waals surface area (Å²) in [5.41, 5.74) is 0. The molecule has 2 rings (SSSR count). The Hall–Kier alpha value is -2.08. The highest BCUT2D eigenvalue weighted by Crippen LogP contribution is 1.95. The first-order valence-corrected chi connectivity index (χ1v) is 5.07. The van der Waals surface area contributed by atoms with E-state index in [0.717, 1.165) is 18.9 Å². The van der Waals surface area contributed by atoms with Gasteiger partial charge in [0.25, 0.3) is 0 Å². The Morgan fingerprint density at radius 2 is 1.82 bits per heavy atom. The van der Waals surface area contributed by atoms with Crippen molar-refractivity contribution in [3.05, 3.63) is 36.8 Å². The van der Waals surface area contributed by atoms with Crippen LogP contribution < -0.4 is 10.6 Å². The molecule has 6 heteroatoms. The Morgan fingerprint density at radius 3 is 2.12 bits per heavy atom. The molecule has 0 radical (unpaired) electrons. The molecule has 0 aliphatic carbocycles. The SMILES string of the molecule is CNc1ccccn1.CNc1ncc[nH]1.CO. The van der Waals surface area contributed by atoms with Gasteiger partial charge in [0.05, 0.1) is 0 Å². The van der Waals surface area contributed by atoms with Crippen LogP contribution >= 0.6 is 0 Å². The van der Waals surface area contributed by atoms with Crippen LogP contribution in [0.2, 0.25) is 0 Å². The molecule has 0 bridgehead atoms. The fraction of sp³-hybridized carbons (Fsp3) is 0.273. The summed E-state index contributed by atoms with van der Waals surface area (Å²) in [7, 11) is 4.67. The maximum Gasteiger partial charge on any atom is 0.199 e. The molecule has 0 aliphatic rings. The fourth-order valence-corrected chi connectivity index (χ4v) is 0.913. The number of hydrogen-bond donors (Lipinski definition) is 4. The first kappa shape index (κ1) is 14.9. The highest BCUT2D eigenvalue weighted by molar-refractivity contribution is 5.31. The van der Waals surface area contributed by atoms with E-state index in [-0.39, 0.29) is 0 Å². The molecule has 0 saturated heterocycles. The number of imidazole rings is 1. The zero-order valence-corrected chi connectivity index (χ0v) is 10.3. The van der Waals surface area contributed by atoms with Crippen LogP contribution in [0.1, 0.15) is 0 Å². The van der Waals surface area contributed by atoms with Gasteiger partial charge in [-0.25, -0.2) is 9.97 Å². The third kappa shape index (κ3) is 6.91. The van der Waals surface area contributed by atoms with Crippen LogP contribution in [-0.2, 0) is 0 Å². The molecule has 4 N–H and O–H groups in total. The number of rotatable bonds is 2. The Bertz CT molecular complexity index is 349. The van der Waals surface area contributed by atoms with Gasteiger partial charge in [-0.15, -0.1) is 0 Å². The van der Waals surface area contributed by atoms with Gasteiger partial charge >= 0.3 is 0 Å². The average molecular weight is 237 g/mol. The number of aliphatic hydroxyl groups is 1. The number of hydrogen-bond acceptors (Lipinski definition) is 5. The molecule has 6 nitrogen and oxygen atoms in total. The summed E-state index contributed by atoms with van der Waals surface area (Å²) in [5, 5.41) is 12.8. The molecule has 94 valence electrons. The van der Waals surface area contributed by atoms with Gasteiger partial charge in [-0.3, -0.25) is 0 Å². The second-order valence-electron chi connectivity index (χ2n) is 2.65. The van der Waals surface area contributed by atoms with Gasteiger partial charge in [-0.05, 0) is 12.1 Å². The average Bonchev–Trinajstić information content (AvgIpc) is 2.96. The third-order valence-electron chi connectivity index (χ3n) is 1.66. The molecule has 2 heterocycles. The van der Waals surface area contributed by atoms with Gasteiger partial charge < -0.3 is 20.7 Å². The smallest absolute Gasteiger partial charge is 0.199 e. The summed E-state index contributed by atoms with van der Waals surface area (Å²) >= 11 is 0. The van der Waals surface area contributed by atoms with E-state index in [9.17, 15) is 0 Å². The maximum absolute atomic E-state index is 7.00. The molecule has 0 aliphatic heterocycles. The lowest BCUT2D eigenvalue weighted by Crippen LogP contribution is -1.88. The van der Waals surface area contributed by atoms with Crippen molar-refractivity contribution in [2.75, 3.05) is 31.8 Å². The molecule has 0 spiro atoms. The summed E-state index contributed by atoms with van der Waals surface area (Å²) in [6.07, 6.45) is 5.23. The van der Waals surface area contributed by atoms with E-state index < -0.39 is 0 Å². The van der Waals surface area contributed by atoms with Crippen LogP contribution in [0.3, 0.4) is 0 Å². The van der Waals surface area contributed by atoms with Crippen molar-refractivity contribution in [3.8, 4) is 0 Å². The van der Waals surface area contributed by atoms with Crippen LogP contribution in [0.4, 0.5) is 11.8 Å². The zero-order chi connectivity index (χ0) is 12.9. The summed E-state index contributed by atoms with van der Waals surface area (Å²) < 4.78 is 0. The molecule has 0 aromatic carbocycles. The van der Waals surface area contributed by atoms with Crippen LogP contribution in [0, 0.1) is 0 Å². The molecule has 2 aromatic rings. The van der Waals surface area contributed by atoms with Crippen molar-refractivity contribution in [2.45, 2.75) is 0 Å². The second-order valence-corrected chi connectivity index (χ2v) is 2.65. The normalized spacial score (nSPS) is 8.00. The Labute approximate surface area is 101 Å². The van der Waals surface area contributed by atoms with E-state index in [2.05, 4.69) is 25.6 Å². The van der Waals surface area contributed by atoms with Crippen molar-refractivity contribution >= 4 is 11.8 Å². The molecule has 17 heavy (non-hydrogen) atoms. The third-order valence-corrected chi connectivity index (χ3v) is 1.66. The van der Waals surface area contributed by atoms with E-state index in [1.54, 1.807) is 18.6 Å². The molecule has 0 amide bonds. The molecule has 0 saturated carbocycles. The van der Waals surface area contributed by atoms with E-state index >= 15 is 0 Å². The highest BCUT2D eigenvalue weighted by atomic mass is 16.2. The molecule has 0 atom stereocenters.